The third kappa shape index (κ3) is 5.81. The lowest BCUT2D eigenvalue weighted by atomic mass is 10.0. The van der Waals surface area contributed by atoms with Crippen molar-refractivity contribution in [2.45, 2.75) is 52.6 Å². The standard InChI is InChI=1S/C17H25N5O/c1-13(2)8-7-9-14(3)18-16(23)12-22-20-17(19-21-22)15-10-5-4-6-11-15/h4-6,10-11,13-14H,7-9,12H2,1-3H3,(H,18,23)/t14-/m0/s1. The molecule has 0 radical (unpaired) electrons. The van der Waals surface area contributed by atoms with Gasteiger partial charge >= 0.3 is 0 Å². The highest BCUT2D eigenvalue weighted by molar-refractivity contribution is 5.75. The summed E-state index contributed by atoms with van der Waals surface area (Å²) in [6.07, 6.45) is 3.30. The van der Waals surface area contributed by atoms with Gasteiger partial charge in [0.25, 0.3) is 0 Å². The van der Waals surface area contributed by atoms with Gasteiger partial charge in [-0.3, -0.25) is 4.79 Å². The number of amides is 1. The molecule has 1 aromatic carbocycles. The highest BCUT2D eigenvalue weighted by atomic mass is 16.2. The Morgan fingerprint density at radius 2 is 1.91 bits per heavy atom. The van der Waals surface area contributed by atoms with Gasteiger partial charge in [0.2, 0.25) is 11.7 Å². The Kier molecular flexibility index (Phi) is 6.26. The van der Waals surface area contributed by atoms with Crippen molar-refractivity contribution < 1.29 is 4.79 Å². The topological polar surface area (TPSA) is 72.7 Å². The molecule has 0 saturated carbocycles. The van der Waals surface area contributed by atoms with Crippen LogP contribution in [0.2, 0.25) is 0 Å². The monoisotopic (exact) mass is 315 g/mol. The van der Waals surface area contributed by atoms with E-state index in [0.29, 0.717) is 11.7 Å². The summed E-state index contributed by atoms with van der Waals surface area (Å²) in [5.74, 6) is 1.15. The van der Waals surface area contributed by atoms with Crippen LogP contribution in [0.5, 0.6) is 0 Å². The molecular formula is C17H25N5O. The van der Waals surface area contributed by atoms with Gasteiger partial charge in [-0.1, -0.05) is 57.0 Å². The van der Waals surface area contributed by atoms with Crippen molar-refractivity contribution >= 4 is 5.91 Å². The van der Waals surface area contributed by atoms with E-state index in [9.17, 15) is 4.79 Å². The second-order valence-corrected chi connectivity index (χ2v) is 6.30. The van der Waals surface area contributed by atoms with Gasteiger partial charge in [-0.25, -0.2) is 0 Å². The second-order valence-electron chi connectivity index (χ2n) is 6.30. The highest BCUT2D eigenvalue weighted by Gasteiger charge is 2.11. The first-order valence-corrected chi connectivity index (χ1v) is 8.17. The molecule has 0 aliphatic rings. The summed E-state index contributed by atoms with van der Waals surface area (Å²) >= 11 is 0. The second kappa shape index (κ2) is 8.41. The third-order valence-electron chi connectivity index (χ3n) is 3.60. The zero-order chi connectivity index (χ0) is 16.7. The maximum Gasteiger partial charge on any atom is 0.243 e. The summed E-state index contributed by atoms with van der Waals surface area (Å²) in [4.78, 5) is 13.4. The van der Waals surface area contributed by atoms with Gasteiger partial charge in [-0.15, -0.1) is 10.2 Å². The fraction of sp³-hybridized carbons (Fsp3) is 0.529. The number of tetrazole rings is 1. The minimum Gasteiger partial charge on any atom is -0.352 e. The molecule has 0 unspecified atom stereocenters. The van der Waals surface area contributed by atoms with Gasteiger partial charge in [-0.05, 0) is 24.5 Å². The lowest BCUT2D eigenvalue weighted by molar-refractivity contribution is -0.122. The van der Waals surface area contributed by atoms with E-state index in [1.807, 2.05) is 37.3 Å². The predicted octanol–water partition coefficient (Wildman–Crippen LogP) is 2.67. The summed E-state index contributed by atoms with van der Waals surface area (Å²) in [6.45, 7) is 6.55. The lowest BCUT2D eigenvalue weighted by Gasteiger charge is -2.14. The first-order valence-electron chi connectivity index (χ1n) is 8.17. The molecule has 1 atom stereocenters. The Bertz CT molecular complexity index is 608. The maximum atomic E-state index is 12.0. The Balaban J connectivity index is 1.80. The molecule has 0 aliphatic heterocycles. The van der Waals surface area contributed by atoms with Crippen LogP contribution >= 0.6 is 0 Å². The molecule has 2 rings (SSSR count). The number of rotatable bonds is 8. The summed E-state index contributed by atoms with van der Waals surface area (Å²) in [5.41, 5.74) is 0.890. The van der Waals surface area contributed by atoms with E-state index in [-0.39, 0.29) is 18.5 Å². The smallest absolute Gasteiger partial charge is 0.243 e. The normalized spacial score (nSPS) is 12.3. The molecule has 1 heterocycles. The number of benzene rings is 1. The molecule has 0 saturated heterocycles. The highest BCUT2D eigenvalue weighted by Crippen LogP contribution is 2.11. The predicted molar refractivity (Wildman–Crippen MR) is 89.5 cm³/mol. The van der Waals surface area contributed by atoms with E-state index in [0.717, 1.165) is 18.4 Å². The van der Waals surface area contributed by atoms with Gasteiger partial charge in [0, 0.05) is 11.6 Å². The molecule has 0 spiro atoms. The molecule has 23 heavy (non-hydrogen) atoms. The molecule has 1 aromatic heterocycles. The Labute approximate surface area is 137 Å². The van der Waals surface area contributed by atoms with Crippen molar-refractivity contribution in [1.29, 1.82) is 0 Å². The van der Waals surface area contributed by atoms with Crippen LogP contribution in [-0.2, 0) is 11.3 Å². The van der Waals surface area contributed by atoms with Crippen molar-refractivity contribution in [3.63, 3.8) is 0 Å². The SMILES string of the molecule is CC(C)CCC[C@H](C)NC(=O)Cn1nnc(-c2ccccc2)n1. The largest absolute Gasteiger partial charge is 0.352 e. The summed E-state index contributed by atoms with van der Waals surface area (Å²) in [5, 5.41) is 15.2. The van der Waals surface area contributed by atoms with E-state index in [2.05, 4.69) is 34.6 Å². The number of aromatic nitrogens is 4. The van der Waals surface area contributed by atoms with Crippen LogP contribution in [-0.4, -0.2) is 32.2 Å². The molecule has 0 aliphatic carbocycles. The first-order chi connectivity index (χ1) is 11.0. The third-order valence-corrected chi connectivity index (χ3v) is 3.60. The number of carbonyl (C=O) groups excluding carboxylic acids is 1. The quantitative estimate of drug-likeness (QED) is 0.813. The Morgan fingerprint density at radius 1 is 1.17 bits per heavy atom. The van der Waals surface area contributed by atoms with Gasteiger partial charge in [-0.2, -0.15) is 4.80 Å². The van der Waals surface area contributed by atoms with Crippen LogP contribution < -0.4 is 5.32 Å². The van der Waals surface area contributed by atoms with E-state index in [1.165, 1.54) is 11.2 Å². The van der Waals surface area contributed by atoms with Crippen LogP contribution in [0.25, 0.3) is 11.4 Å². The fourth-order valence-corrected chi connectivity index (χ4v) is 2.37. The number of carbonyl (C=O) groups is 1. The van der Waals surface area contributed by atoms with E-state index >= 15 is 0 Å². The zero-order valence-electron chi connectivity index (χ0n) is 14.1. The van der Waals surface area contributed by atoms with Gasteiger partial charge in [0.1, 0.15) is 6.54 Å². The van der Waals surface area contributed by atoms with E-state index in [1.54, 1.807) is 0 Å². The molecular weight excluding hydrogens is 290 g/mol. The molecule has 6 nitrogen and oxygen atoms in total. The molecule has 0 bridgehead atoms. The number of hydrogen-bond acceptors (Lipinski definition) is 4. The summed E-state index contributed by atoms with van der Waals surface area (Å²) < 4.78 is 0. The molecule has 0 fully saturated rings. The molecule has 124 valence electrons. The van der Waals surface area contributed by atoms with Crippen LogP contribution in [0.4, 0.5) is 0 Å². The maximum absolute atomic E-state index is 12.0. The molecule has 1 amide bonds. The van der Waals surface area contributed by atoms with Gasteiger partial charge < -0.3 is 5.32 Å². The summed E-state index contributed by atoms with van der Waals surface area (Å²) in [6, 6.07) is 9.76. The van der Waals surface area contributed by atoms with Crippen LogP contribution in [0.1, 0.15) is 40.0 Å². The number of hydrogen-bond donors (Lipinski definition) is 1. The average molecular weight is 315 g/mol. The molecule has 6 heteroatoms. The molecule has 1 N–H and O–H groups in total. The van der Waals surface area contributed by atoms with Crippen molar-refractivity contribution in [2.24, 2.45) is 5.92 Å². The van der Waals surface area contributed by atoms with Gasteiger partial charge in [0.05, 0.1) is 0 Å². The Morgan fingerprint density at radius 3 is 2.61 bits per heavy atom. The van der Waals surface area contributed by atoms with Gasteiger partial charge in [0.15, 0.2) is 0 Å². The molecule has 2 aromatic rings. The number of nitrogens with one attached hydrogen (secondary N) is 1. The van der Waals surface area contributed by atoms with E-state index in [4.69, 9.17) is 0 Å². The lowest BCUT2D eigenvalue weighted by Crippen LogP contribution is -2.35. The van der Waals surface area contributed by atoms with Crippen molar-refractivity contribution in [1.82, 2.24) is 25.5 Å². The van der Waals surface area contributed by atoms with Crippen LogP contribution in [0.15, 0.2) is 30.3 Å². The van der Waals surface area contributed by atoms with Crippen molar-refractivity contribution in [3.05, 3.63) is 30.3 Å². The van der Waals surface area contributed by atoms with E-state index < -0.39 is 0 Å². The number of nitrogens with zero attached hydrogens (tertiary/aromatic N) is 4. The fourth-order valence-electron chi connectivity index (χ4n) is 2.37. The minimum atomic E-state index is -0.0842. The zero-order valence-corrected chi connectivity index (χ0v) is 14.1. The average Bonchev–Trinajstić information content (AvgIpc) is 2.96. The van der Waals surface area contributed by atoms with Crippen LogP contribution in [0.3, 0.4) is 0 Å². The van der Waals surface area contributed by atoms with Crippen LogP contribution in [0, 0.1) is 5.92 Å². The van der Waals surface area contributed by atoms with Crippen molar-refractivity contribution in [2.75, 3.05) is 0 Å². The first kappa shape index (κ1) is 17.1. The summed E-state index contributed by atoms with van der Waals surface area (Å²) in [7, 11) is 0. The Hall–Kier alpha value is -2.24. The minimum absolute atomic E-state index is 0.0842. The van der Waals surface area contributed by atoms with Crippen molar-refractivity contribution in [3.8, 4) is 11.4 Å².